The molecular weight excluding hydrogens is 370 g/mol. The smallest absolute Gasteiger partial charge is 0.430 e. The summed E-state index contributed by atoms with van der Waals surface area (Å²) in [5, 5.41) is 9.45. The van der Waals surface area contributed by atoms with Crippen molar-refractivity contribution in [2.75, 3.05) is 13.2 Å². The Balaban J connectivity index is 3.18. The number of halogens is 6. The summed E-state index contributed by atoms with van der Waals surface area (Å²) in [4.78, 5) is 11.2. The number of carbonyl (C=O) groups is 1. The van der Waals surface area contributed by atoms with Crippen LogP contribution in [0.4, 0.5) is 26.3 Å². The summed E-state index contributed by atoms with van der Waals surface area (Å²) in [5.74, 6) is -0.521. The molecule has 0 aliphatic heterocycles. The van der Waals surface area contributed by atoms with E-state index < -0.39 is 29.5 Å². The highest BCUT2D eigenvalue weighted by atomic mass is 19.4. The predicted molar refractivity (Wildman–Crippen MR) is 78.7 cm³/mol. The minimum Gasteiger partial charge on any atom is -0.492 e. The van der Waals surface area contributed by atoms with Gasteiger partial charge in [0.05, 0.1) is 19.6 Å². The molecule has 0 spiro atoms. The Morgan fingerprint density at radius 1 is 1.04 bits per heavy atom. The van der Waals surface area contributed by atoms with Crippen LogP contribution in [0.1, 0.15) is 30.0 Å². The van der Waals surface area contributed by atoms with Crippen molar-refractivity contribution >= 4 is 5.97 Å². The van der Waals surface area contributed by atoms with E-state index in [4.69, 9.17) is 4.74 Å². The number of hydrogen-bond donors (Lipinski definition) is 1. The second-order valence-corrected chi connectivity index (χ2v) is 5.55. The Kier molecular flexibility index (Phi) is 6.56. The second-order valence-electron chi connectivity index (χ2n) is 5.55. The van der Waals surface area contributed by atoms with Gasteiger partial charge in [-0.3, -0.25) is 4.79 Å². The number of alkyl halides is 6. The quantitative estimate of drug-likeness (QED) is 0.592. The molecule has 0 unspecified atom stereocenters. The van der Waals surface area contributed by atoms with E-state index in [2.05, 4.69) is 4.74 Å². The average molecular weight is 388 g/mol. The summed E-state index contributed by atoms with van der Waals surface area (Å²) in [6.07, 6.45) is -12.1. The van der Waals surface area contributed by atoms with Gasteiger partial charge in [-0.05, 0) is 44.0 Å². The molecule has 0 bridgehead atoms. The van der Waals surface area contributed by atoms with Crippen LogP contribution >= 0.6 is 0 Å². The topological polar surface area (TPSA) is 55.8 Å². The van der Waals surface area contributed by atoms with Gasteiger partial charge in [-0.25, -0.2) is 0 Å². The predicted octanol–water partition coefficient (Wildman–Crippen LogP) is 3.95. The van der Waals surface area contributed by atoms with Gasteiger partial charge >= 0.3 is 18.3 Å². The van der Waals surface area contributed by atoms with Gasteiger partial charge in [0.25, 0.3) is 5.60 Å². The zero-order valence-electron chi connectivity index (χ0n) is 14.2. The third kappa shape index (κ3) is 4.40. The molecule has 0 aliphatic carbocycles. The van der Waals surface area contributed by atoms with Crippen molar-refractivity contribution in [2.24, 2.45) is 0 Å². The molecule has 1 rings (SSSR count). The summed E-state index contributed by atoms with van der Waals surface area (Å²) in [7, 11) is 0. The fourth-order valence-electron chi connectivity index (χ4n) is 2.34. The van der Waals surface area contributed by atoms with Crippen LogP contribution in [-0.4, -0.2) is 36.6 Å². The second kappa shape index (κ2) is 7.73. The number of esters is 1. The lowest BCUT2D eigenvalue weighted by atomic mass is 9.89. The first-order chi connectivity index (χ1) is 11.8. The first-order valence-electron chi connectivity index (χ1n) is 7.51. The van der Waals surface area contributed by atoms with Gasteiger partial charge < -0.3 is 14.6 Å². The summed E-state index contributed by atoms with van der Waals surface area (Å²) < 4.78 is 87.7. The van der Waals surface area contributed by atoms with Crippen molar-refractivity contribution < 1.29 is 45.7 Å². The van der Waals surface area contributed by atoms with E-state index in [9.17, 15) is 36.2 Å². The van der Waals surface area contributed by atoms with Crippen LogP contribution < -0.4 is 4.74 Å². The fourth-order valence-corrected chi connectivity index (χ4v) is 2.34. The Hall–Kier alpha value is -1.97. The van der Waals surface area contributed by atoms with Crippen molar-refractivity contribution in [1.29, 1.82) is 0 Å². The molecule has 0 saturated heterocycles. The molecule has 0 aliphatic rings. The third-order valence-electron chi connectivity index (χ3n) is 3.56. The van der Waals surface area contributed by atoms with Crippen LogP contribution in [0.2, 0.25) is 0 Å². The molecule has 10 heteroatoms. The van der Waals surface area contributed by atoms with E-state index in [-0.39, 0.29) is 36.5 Å². The summed E-state index contributed by atoms with van der Waals surface area (Å²) in [6, 6.07) is 1.13. The van der Waals surface area contributed by atoms with Gasteiger partial charge in [0, 0.05) is 5.56 Å². The molecule has 1 N–H and O–H groups in total. The van der Waals surface area contributed by atoms with Crippen molar-refractivity contribution in [2.45, 2.75) is 45.1 Å². The lowest BCUT2D eigenvalue weighted by molar-refractivity contribution is -0.376. The average Bonchev–Trinajstić information content (AvgIpc) is 2.46. The van der Waals surface area contributed by atoms with E-state index in [1.807, 2.05) is 0 Å². The van der Waals surface area contributed by atoms with Crippen molar-refractivity contribution in [3.63, 3.8) is 0 Å². The van der Waals surface area contributed by atoms with Crippen LogP contribution in [0.3, 0.4) is 0 Å². The molecular formula is C16H18F6O4. The summed E-state index contributed by atoms with van der Waals surface area (Å²) in [5.41, 5.74) is -6.45. The van der Waals surface area contributed by atoms with Crippen LogP contribution in [0.5, 0.6) is 5.75 Å². The van der Waals surface area contributed by atoms with Gasteiger partial charge in [-0.15, -0.1) is 0 Å². The number of carbonyl (C=O) groups excluding carboxylic acids is 1. The molecule has 26 heavy (non-hydrogen) atoms. The highest BCUT2D eigenvalue weighted by Gasteiger charge is 2.71. The fraction of sp³-hybridized carbons (Fsp3) is 0.562. The summed E-state index contributed by atoms with van der Waals surface area (Å²) in [6.45, 7) is 4.09. The molecule has 148 valence electrons. The maximum absolute atomic E-state index is 13.0. The van der Waals surface area contributed by atoms with Gasteiger partial charge in [0.1, 0.15) is 5.75 Å². The maximum Gasteiger partial charge on any atom is 0.430 e. The minimum atomic E-state index is -5.96. The standard InChI is InChI=1S/C16H18F6O4/c1-4-25-12(23)5-6-26-13-9(2)7-11(8-10(13)3)14(24,15(17,18)19)16(20,21)22/h7-8,24H,4-6H2,1-3H3. The van der Waals surface area contributed by atoms with Crippen LogP contribution in [-0.2, 0) is 15.1 Å². The molecule has 0 atom stereocenters. The highest BCUT2D eigenvalue weighted by molar-refractivity contribution is 5.69. The lowest BCUT2D eigenvalue weighted by Crippen LogP contribution is -2.54. The monoisotopic (exact) mass is 388 g/mol. The Morgan fingerprint density at radius 3 is 1.88 bits per heavy atom. The van der Waals surface area contributed by atoms with Crippen LogP contribution in [0, 0.1) is 13.8 Å². The number of rotatable bonds is 6. The number of aliphatic hydroxyl groups is 1. The molecule has 0 fully saturated rings. The molecule has 4 nitrogen and oxygen atoms in total. The lowest BCUT2D eigenvalue weighted by Gasteiger charge is -2.33. The highest BCUT2D eigenvalue weighted by Crippen LogP contribution is 2.50. The first-order valence-corrected chi connectivity index (χ1v) is 7.51. The Morgan fingerprint density at radius 2 is 1.50 bits per heavy atom. The van der Waals surface area contributed by atoms with Gasteiger partial charge in [0.15, 0.2) is 0 Å². The maximum atomic E-state index is 13.0. The van der Waals surface area contributed by atoms with E-state index >= 15 is 0 Å². The molecule has 1 aromatic carbocycles. The normalized spacial score (nSPS) is 12.8. The first kappa shape index (κ1) is 22.1. The molecule has 0 heterocycles. The Labute approximate surface area is 145 Å². The van der Waals surface area contributed by atoms with Gasteiger partial charge in [-0.1, -0.05) is 0 Å². The molecule has 0 radical (unpaired) electrons. The van der Waals surface area contributed by atoms with E-state index in [1.165, 1.54) is 13.8 Å². The zero-order chi connectivity index (χ0) is 20.3. The van der Waals surface area contributed by atoms with Gasteiger partial charge in [-0.2, -0.15) is 26.3 Å². The molecule has 1 aromatic rings. The van der Waals surface area contributed by atoms with Crippen LogP contribution in [0.15, 0.2) is 12.1 Å². The summed E-state index contributed by atoms with van der Waals surface area (Å²) >= 11 is 0. The number of ether oxygens (including phenoxy) is 2. The third-order valence-corrected chi connectivity index (χ3v) is 3.56. The molecule has 0 amide bonds. The van der Waals surface area contributed by atoms with Crippen molar-refractivity contribution in [3.05, 3.63) is 28.8 Å². The Bertz CT molecular complexity index is 614. The largest absolute Gasteiger partial charge is 0.492 e. The zero-order valence-corrected chi connectivity index (χ0v) is 14.2. The number of hydrogen-bond acceptors (Lipinski definition) is 4. The van der Waals surface area contributed by atoms with E-state index in [0.717, 1.165) is 0 Å². The van der Waals surface area contributed by atoms with Crippen molar-refractivity contribution in [1.82, 2.24) is 0 Å². The number of aryl methyl sites for hydroxylation is 2. The van der Waals surface area contributed by atoms with E-state index in [0.29, 0.717) is 12.1 Å². The van der Waals surface area contributed by atoms with Gasteiger partial charge in [0.2, 0.25) is 0 Å². The SMILES string of the molecule is CCOC(=O)CCOc1c(C)cc(C(O)(C(F)(F)F)C(F)(F)F)cc1C. The van der Waals surface area contributed by atoms with E-state index in [1.54, 1.807) is 6.92 Å². The van der Waals surface area contributed by atoms with Crippen molar-refractivity contribution in [3.8, 4) is 5.75 Å². The molecule has 0 aromatic heterocycles. The number of benzene rings is 1. The minimum absolute atomic E-state index is 0.0322. The van der Waals surface area contributed by atoms with Crippen LogP contribution in [0.25, 0.3) is 0 Å². The molecule has 0 saturated carbocycles.